The van der Waals surface area contributed by atoms with Crippen LogP contribution in [0.3, 0.4) is 0 Å². The zero-order chi connectivity index (χ0) is 18.4. The molecule has 25 heavy (non-hydrogen) atoms. The first kappa shape index (κ1) is 19.9. The molecule has 1 aliphatic heterocycles. The Morgan fingerprint density at radius 3 is 2.48 bits per heavy atom. The SMILES string of the molecule is CC(C)CC(CNC(=O)c1ccccc1S(C)(=O)=O)N1CCOCC1. The largest absolute Gasteiger partial charge is 0.379 e. The summed E-state index contributed by atoms with van der Waals surface area (Å²) in [5.74, 6) is 0.163. The fraction of sp³-hybridized carbons (Fsp3) is 0.611. The van der Waals surface area contributed by atoms with E-state index in [4.69, 9.17) is 4.74 Å². The first-order valence-corrected chi connectivity index (χ1v) is 10.6. The van der Waals surface area contributed by atoms with E-state index in [1.54, 1.807) is 18.2 Å². The van der Waals surface area contributed by atoms with Gasteiger partial charge in [-0.15, -0.1) is 0 Å². The Morgan fingerprint density at radius 2 is 1.88 bits per heavy atom. The molecule has 2 rings (SSSR count). The highest BCUT2D eigenvalue weighted by molar-refractivity contribution is 7.90. The molecule has 1 atom stereocenters. The van der Waals surface area contributed by atoms with Crippen molar-refractivity contribution in [2.45, 2.75) is 31.2 Å². The summed E-state index contributed by atoms with van der Waals surface area (Å²) in [7, 11) is -3.44. The summed E-state index contributed by atoms with van der Waals surface area (Å²) >= 11 is 0. The molecule has 0 bridgehead atoms. The van der Waals surface area contributed by atoms with E-state index >= 15 is 0 Å². The number of hydrogen-bond donors (Lipinski definition) is 1. The van der Waals surface area contributed by atoms with Crippen LogP contribution in [-0.2, 0) is 14.6 Å². The molecule has 1 heterocycles. The Labute approximate surface area is 150 Å². The Hall–Kier alpha value is -1.44. The van der Waals surface area contributed by atoms with E-state index in [9.17, 15) is 13.2 Å². The molecular formula is C18H28N2O4S. The fourth-order valence-electron chi connectivity index (χ4n) is 3.13. The highest BCUT2D eigenvalue weighted by atomic mass is 32.2. The van der Waals surface area contributed by atoms with E-state index in [0.717, 1.165) is 25.8 Å². The zero-order valence-corrected chi connectivity index (χ0v) is 16.0. The van der Waals surface area contributed by atoms with Gasteiger partial charge in [0.25, 0.3) is 5.91 Å². The van der Waals surface area contributed by atoms with Gasteiger partial charge in [-0.1, -0.05) is 26.0 Å². The predicted molar refractivity (Wildman–Crippen MR) is 97.5 cm³/mol. The number of hydrogen-bond acceptors (Lipinski definition) is 5. The molecule has 1 fully saturated rings. The Morgan fingerprint density at radius 1 is 1.24 bits per heavy atom. The van der Waals surface area contributed by atoms with Crippen LogP contribution in [0.1, 0.15) is 30.6 Å². The van der Waals surface area contributed by atoms with Crippen molar-refractivity contribution in [1.29, 1.82) is 0 Å². The van der Waals surface area contributed by atoms with Gasteiger partial charge >= 0.3 is 0 Å². The smallest absolute Gasteiger partial charge is 0.252 e. The van der Waals surface area contributed by atoms with Gasteiger partial charge in [0.15, 0.2) is 9.84 Å². The number of ether oxygens (including phenoxy) is 1. The monoisotopic (exact) mass is 368 g/mol. The second-order valence-corrected chi connectivity index (χ2v) is 8.89. The van der Waals surface area contributed by atoms with E-state index in [1.807, 2.05) is 0 Å². The summed E-state index contributed by atoms with van der Waals surface area (Å²) in [4.78, 5) is 15.0. The van der Waals surface area contributed by atoms with Crippen molar-refractivity contribution in [1.82, 2.24) is 10.2 Å². The van der Waals surface area contributed by atoms with Crippen molar-refractivity contribution < 1.29 is 17.9 Å². The van der Waals surface area contributed by atoms with Crippen molar-refractivity contribution in [3.05, 3.63) is 29.8 Å². The van der Waals surface area contributed by atoms with Gasteiger partial charge in [0.1, 0.15) is 0 Å². The van der Waals surface area contributed by atoms with E-state index < -0.39 is 9.84 Å². The molecular weight excluding hydrogens is 340 g/mol. The van der Waals surface area contributed by atoms with Crippen molar-refractivity contribution in [3.63, 3.8) is 0 Å². The van der Waals surface area contributed by atoms with Gasteiger partial charge in [-0.25, -0.2) is 8.42 Å². The standard InChI is InChI=1S/C18H28N2O4S/c1-14(2)12-15(20-8-10-24-11-9-20)13-19-18(21)16-6-4-5-7-17(16)25(3,22)23/h4-7,14-15H,8-13H2,1-3H3,(H,19,21). The zero-order valence-electron chi connectivity index (χ0n) is 15.2. The Balaban J connectivity index is 2.08. The molecule has 0 aliphatic carbocycles. The molecule has 0 spiro atoms. The molecule has 1 N–H and O–H groups in total. The van der Waals surface area contributed by atoms with E-state index in [1.165, 1.54) is 6.07 Å². The summed E-state index contributed by atoms with van der Waals surface area (Å²) in [5.41, 5.74) is 0.204. The van der Waals surface area contributed by atoms with Crippen LogP contribution in [0.25, 0.3) is 0 Å². The average molecular weight is 368 g/mol. The third-order valence-corrected chi connectivity index (χ3v) is 5.49. The lowest BCUT2D eigenvalue weighted by Crippen LogP contribution is -2.49. The number of sulfone groups is 1. The quantitative estimate of drug-likeness (QED) is 0.791. The highest BCUT2D eigenvalue weighted by Crippen LogP contribution is 2.16. The van der Waals surface area contributed by atoms with Gasteiger partial charge in [0.05, 0.1) is 23.7 Å². The molecule has 1 aromatic carbocycles. The fourth-order valence-corrected chi connectivity index (χ4v) is 4.02. The third kappa shape index (κ3) is 5.80. The number of rotatable bonds is 7. The Bertz CT molecular complexity index is 682. The maximum Gasteiger partial charge on any atom is 0.252 e. The van der Waals surface area contributed by atoms with Crippen LogP contribution in [-0.4, -0.2) is 64.4 Å². The number of amides is 1. The molecule has 1 amide bonds. The van der Waals surface area contributed by atoms with Crippen LogP contribution in [0, 0.1) is 5.92 Å². The molecule has 0 radical (unpaired) electrons. The van der Waals surface area contributed by atoms with Gasteiger partial charge in [0.2, 0.25) is 0 Å². The van der Waals surface area contributed by atoms with Crippen molar-refractivity contribution >= 4 is 15.7 Å². The topological polar surface area (TPSA) is 75.7 Å². The second-order valence-electron chi connectivity index (χ2n) is 6.91. The summed E-state index contributed by atoms with van der Waals surface area (Å²) < 4.78 is 29.2. The minimum atomic E-state index is -3.44. The highest BCUT2D eigenvalue weighted by Gasteiger charge is 2.24. The van der Waals surface area contributed by atoms with Crippen LogP contribution >= 0.6 is 0 Å². The third-order valence-electron chi connectivity index (χ3n) is 4.33. The molecule has 1 aliphatic rings. The number of nitrogens with zero attached hydrogens (tertiary/aromatic N) is 1. The summed E-state index contributed by atoms with van der Waals surface area (Å²) in [6, 6.07) is 6.55. The number of carbonyl (C=O) groups is 1. The van der Waals surface area contributed by atoms with Gasteiger partial charge in [-0.3, -0.25) is 9.69 Å². The average Bonchev–Trinajstić information content (AvgIpc) is 2.58. The lowest BCUT2D eigenvalue weighted by Gasteiger charge is -2.35. The molecule has 0 saturated carbocycles. The maximum atomic E-state index is 12.6. The van der Waals surface area contributed by atoms with Crippen molar-refractivity contribution in [2.24, 2.45) is 5.92 Å². The summed E-state index contributed by atoms with van der Waals surface area (Å²) in [6.07, 6.45) is 2.09. The summed E-state index contributed by atoms with van der Waals surface area (Å²) in [5, 5.41) is 2.93. The Kier molecular flexibility index (Phi) is 6.98. The first-order valence-electron chi connectivity index (χ1n) is 8.68. The summed E-state index contributed by atoms with van der Waals surface area (Å²) in [6.45, 7) is 7.94. The lowest BCUT2D eigenvalue weighted by molar-refractivity contribution is 0.0124. The second kappa shape index (κ2) is 8.78. The van der Waals surface area contributed by atoms with Crippen LogP contribution in [0.4, 0.5) is 0 Å². The molecule has 0 aromatic heterocycles. The minimum Gasteiger partial charge on any atom is -0.379 e. The lowest BCUT2D eigenvalue weighted by atomic mass is 10.0. The number of morpholine rings is 1. The van der Waals surface area contributed by atoms with Crippen molar-refractivity contribution in [2.75, 3.05) is 39.1 Å². The van der Waals surface area contributed by atoms with Crippen LogP contribution in [0.15, 0.2) is 29.2 Å². The molecule has 6 nitrogen and oxygen atoms in total. The van der Waals surface area contributed by atoms with Gasteiger partial charge in [-0.05, 0) is 24.5 Å². The molecule has 140 valence electrons. The molecule has 1 saturated heterocycles. The number of benzene rings is 1. The van der Waals surface area contributed by atoms with Crippen LogP contribution in [0.2, 0.25) is 0 Å². The van der Waals surface area contributed by atoms with Crippen molar-refractivity contribution in [3.8, 4) is 0 Å². The molecule has 1 aromatic rings. The maximum absolute atomic E-state index is 12.6. The first-order chi connectivity index (χ1) is 11.8. The minimum absolute atomic E-state index is 0.0688. The van der Waals surface area contributed by atoms with Gasteiger partial charge in [-0.2, -0.15) is 0 Å². The van der Waals surface area contributed by atoms with E-state index in [0.29, 0.717) is 25.7 Å². The normalized spacial score (nSPS) is 17.4. The van der Waals surface area contributed by atoms with E-state index in [2.05, 4.69) is 24.1 Å². The molecule has 1 unspecified atom stereocenters. The van der Waals surface area contributed by atoms with Gasteiger partial charge in [0, 0.05) is 31.9 Å². The number of carbonyl (C=O) groups excluding carboxylic acids is 1. The molecule has 7 heteroatoms. The van der Waals surface area contributed by atoms with Crippen LogP contribution in [0.5, 0.6) is 0 Å². The van der Waals surface area contributed by atoms with Crippen LogP contribution < -0.4 is 5.32 Å². The number of nitrogens with one attached hydrogen (secondary N) is 1. The van der Waals surface area contributed by atoms with Gasteiger partial charge < -0.3 is 10.1 Å². The van der Waals surface area contributed by atoms with E-state index in [-0.39, 0.29) is 22.4 Å². The predicted octanol–water partition coefficient (Wildman–Crippen LogP) is 1.57.